The van der Waals surface area contributed by atoms with Gasteiger partial charge in [-0.15, -0.1) is 11.8 Å². The Morgan fingerprint density at radius 1 is 1.29 bits per heavy atom. The molecule has 122 valence electrons. The van der Waals surface area contributed by atoms with Gasteiger partial charge in [-0.2, -0.15) is 0 Å². The average Bonchev–Trinajstić information content (AvgIpc) is 2.91. The molecule has 0 unspecified atom stereocenters. The van der Waals surface area contributed by atoms with Crippen LogP contribution < -0.4 is 5.32 Å². The second-order valence-electron chi connectivity index (χ2n) is 6.18. The number of halogens is 1. The van der Waals surface area contributed by atoms with Crippen molar-refractivity contribution in [2.24, 2.45) is 0 Å². The first kappa shape index (κ1) is 15.6. The number of benzene rings is 2. The van der Waals surface area contributed by atoms with E-state index in [1.165, 1.54) is 4.90 Å². The summed E-state index contributed by atoms with van der Waals surface area (Å²) >= 11 is 7.93. The van der Waals surface area contributed by atoms with E-state index in [-0.39, 0.29) is 5.91 Å². The summed E-state index contributed by atoms with van der Waals surface area (Å²) in [6, 6.07) is 13.7. The number of para-hydroxylation sites is 1. The Morgan fingerprint density at radius 2 is 2.12 bits per heavy atom. The Balaban J connectivity index is 1.77. The number of aryl methyl sites for hydroxylation is 1. The maximum absolute atomic E-state index is 12.9. The van der Waals surface area contributed by atoms with Crippen LogP contribution in [0.2, 0.25) is 5.02 Å². The molecule has 0 bridgehead atoms. The minimum Gasteiger partial charge on any atom is -0.334 e. The summed E-state index contributed by atoms with van der Waals surface area (Å²) in [6.07, 6.45) is 0. The third kappa shape index (κ3) is 2.60. The predicted octanol–water partition coefficient (Wildman–Crippen LogP) is 5.35. The van der Waals surface area contributed by atoms with Gasteiger partial charge >= 0.3 is 0 Å². The first-order chi connectivity index (χ1) is 11.5. The number of thioether (sulfide) groups is 1. The molecular weight excluding hydrogens is 340 g/mol. The monoisotopic (exact) mass is 356 g/mol. The van der Waals surface area contributed by atoms with E-state index < -0.39 is 0 Å². The smallest absolute Gasteiger partial charge is 0.272 e. The van der Waals surface area contributed by atoms with Crippen LogP contribution in [0.15, 0.2) is 47.4 Å². The number of hydrogen-bond donors (Lipinski definition) is 1. The summed E-state index contributed by atoms with van der Waals surface area (Å²) in [5.74, 6) is -0.0957. The molecule has 1 aliphatic rings. The van der Waals surface area contributed by atoms with E-state index in [0.717, 1.165) is 28.7 Å². The normalized spacial score (nSPS) is 16.4. The van der Waals surface area contributed by atoms with Gasteiger partial charge in [0.2, 0.25) is 0 Å². The number of anilines is 1. The number of nitrogens with one attached hydrogen (secondary N) is 1. The fraction of sp³-hybridized carbons (Fsp3) is 0.211. The molecular formula is C19H17ClN2OS. The number of rotatable bonds is 2. The van der Waals surface area contributed by atoms with Crippen LogP contribution in [0.5, 0.6) is 0 Å². The molecule has 1 N–H and O–H groups in total. The van der Waals surface area contributed by atoms with Crippen LogP contribution in [-0.4, -0.2) is 15.7 Å². The van der Waals surface area contributed by atoms with E-state index in [2.05, 4.69) is 35.0 Å². The molecule has 0 saturated carbocycles. The largest absolute Gasteiger partial charge is 0.334 e. The minimum absolute atomic E-state index is 0.0957. The van der Waals surface area contributed by atoms with Crippen molar-refractivity contribution < 1.29 is 4.79 Å². The number of carbonyl (C=O) groups excluding carboxylic acids is 1. The second kappa shape index (κ2) is 5.87. The van der Waals surface area contributed by atoms with Gasteiger partial charge in [-0.1, -0.05) is 36.7 Å². The number of aromatic nitrogens is 1. The summed E-state index contributed by atoms with van der Waals surface area (Å²) in [6.45, 7) is 4.99. The highest BCUT2D eigenvalue weighted by molar-refractivity contribution is 8.00. The number of nitrogens with zero attached hydrogens (tertiary/aromatic N) is 1. The SMILES string of the molecule is Cc1ccc(Cl)cc1NC(=O)c1cc2cccc3c2n1C[C@H](C)S3. The Labute approximate surface area is 150 Å². The Bertz CT molecular complexity index is 963. The molecule has 1 aliphatic heterocycles. The van der Waals surface area contributed by atoms with E-state index in [1.54, 1.807) is 6.07 Å². The first-order valence-electron chi connectivity index (χ1n) is 7.89. The van der Waals surface area contributed by atoms with Gasteiger partial charge in [-0.3, -0.25) is 4.79 Å². The zero-order valence-corrected chi connectivity index (χ0v) is 15.0. The van der Waals surface area contributed by atoms with Crippen molar-refractivity contribution in [1.82, 2.24) is 4.57 Å². The summed E-state index contributed by atoms with van der Waals surface area (Å²) in [5.41, 5.74) is 3.61. The molecule has 0 saturated heterocycles. The molecule has 4 rings (SSSR count). The van der Waals surface area contributed by atoms with Crippen LogP contribution in [0.4, 0.5) is 5.69 Å². The van der Waals surface area contributed by atoms with Crippen LogP contribution in [-0.2, 0) is 6.54 Å². The predicted molar refractivity (Wildman–Crippen MR) is 101 cm³/mol. The molecule has 3 nitrogen and oxygen atoms in total. The fourth-order valence-electron chi connectivity index (χ4n) is 3.19. The second-order valence-corrected chi connectivity index (χ2v) is 8.09. The van der Waals surface area contributed by atoms with Crippen molar-refractivity contribution in [1.29, 1.82) is 0 Å². The zero-order chi connectivity index (χ0) is 16.8. The van der Waals surface area contributed by atoms with E-state index in [1.807, 2.05) is 36.9 Å². The summed E-state index contributed by atoms with van der Waals surface area (Å²) in [7, 11) is 0. The van der Waals surface area contributed by atoms with E-state index >= 15 is 0 Å². The van der Waals surface area contributed by atoms with E-state index in [4.69, 9.17) is 11.6 Å². The first-order valence-corrected chi connectivity index (χ1v) is 9.15. The Morgan fingerprint density at radius 3 is 2.96 bits per heavy atom. The minimum atomic E-state index is -0.0957. The molecule has 24 heavy (non-hydrogen) atoms. The van der Waals surface area contributed by atoms with Crippen molar-refractivity contribution in [2.45, 2.75) is 30.5 Å². The van der Waals surface area contributed by atoms with Crippen LogP contribution in [0.1, 0.15) is 23.0 Å². The highest BCUT2D eigenvalue weighted by atomic mass is 35.5. The molecule has 5 heteroatoms. The Kier molecular flexibility index (Phi) is 3.82. The lowest BCUT2D eigenvalue weighted by Gasteiger charge is -2.22. The molecule has 0 aliphatic carbocycles. The number of amides is 1. The quantitative estimate of drug-likeness (QED) is 0.671. The maximum atomic E-state index is 12.9. The van der Waals surface area contributed by atoms with Crippen LogP contribution in [0.25, 0.3) is 10.9 Å². The van der Waals surface area contributed by atoms with Gasteiger partial charge in [-0.05, 0) is 36.8 Å². The van der Waals surface area contributed by atoms with E-state index in [0.29, 0.717) is 16.0 Å². The lowest BCUT2D eigenvalue weighted by atomic mass is 10.2. The molecule has 1 aromatic heterocycles. The molecule has 1 atom stereocenters. The van der Waals surface area contributed by atoms with Gasteiger partial charge in [-0.25, -0.2) is 0 Å². The van der Waals surface area contributed by atoms with Gasteiger partial charge in [0.05, 0.1) is 5.52 Å². The van der Waals surface area contributed by atoms with Crippen LogP contribution in [0.3, 0.4) is 0 Å². The number of carbonyl (C=O) groups is 1. The molecule has 1 amide bonds. The van der Waals surface area contributed by atoms with Gasteiger partial charge in [0.25, 0.3) is 5.91 Å². The molecule has 2 heterocycles. The third-order valence-corrected chi connectivity index (χ3v) is 5.70. The van der Waals surface area contributed by atoms with E-state index in [9.17, 15) is 4.79 Å². The van der Waals surface area contributed by atoms with Crippen molar-refractivity contribution in [3.8, 4) is 0 Å². The van der Waals surface area contributed by atoms with Crippen LogP contribution >= 0.6 is 23.4 Å². The van der Waals surface area contributed by atoms with Crippen molar-refractivity contribution in [3.05, 3.63) is 58.7 Å². The molecule has 0 fully saturated rings. The fourth-order valence-corrected chi connectivity index (χ4v) is 4.52. The molecule has 0 spiro atoms. The molecule has 3 aromatic rings. The van der Waals surface area contributed by atoms with Crippen LogP contribution in [0, 0.1) is 6.92 Å². The van der Waals surface area contributed by atoms with Gasteiger partial charge in [0.1, 0.15) is 5.69 Å². The summed E-state index contributed by atoms with van der Waals surface area (Å²) < 4.78 is 2.14. The lowest BCUT2D eigenvalue weighted by Crippen LogP contribution is -2.22. The molecule has 2 aromatic carbocycles. The standard InChI is InChI=1S/C19H17ClN2OS/c1-11-6-7-14(20)9-15(11)21-19(23)16-8-13-4-3-5-17-18(13)22(16)10-12(2)24-17/h3-9,12H,10H2,1-2H3,(H,21,23)/t12-/m0/s1. The highest BCUT2D eigenvalue weighted by Gasteiger charge is 2.24. The maximum Gasteiger partial charge on any atom is 0.272 e. The summed E-state index contributed by atoms with van der Waals surface area (Å²) in [4.78, 5) is 14.1. The number of hydrogen-bond acceptors (Lipinski definition) is 2. The van der Waals surface area contributed by atoms with Crippen molar-refractivity contribution in [2.75, 3.05) is 5.32 Å². The average molecular weight is 357 g/mol. The molecule has 0 radical (unpaired) electrons. The zero-order valence-electron chi connectivity index (χ0n) is 13.5. The third-order valence-electron chi connectivity index (χ3n) is 4.33. The van der Waals surface area contributed by atoms with Crippen molar-refractivity contribution in [3.63, 3.8) is 0 Å². The van der Waals surface area contributed by atoms with Gasteiger partial charge in [0.15, 0.2) is 0 Å². The van der Waals surface area contributed by atoms with Gasteiger partial charge in [0, 0.05) is 32.8 Å². The van der Waals surface area contributed by atoms with Gasteiger partial charge < -0.3 is 9.88 Å². The Hall–Kier alpha value is -1.91. The summed E-state index contributed by atoms with van der Waals surface area (Å²) in [5, 5.41) is 5.18. The highest BCUT2D eigenvalue weighted by Crippen LogP contribution is 2.38. The van der Waals surface area contributed by atoms with Crippen molar-refractivity contribution >= 4 is 45.9 Å². The lowest BCUT2D eigenvalue weighted by molar-refractivity contribution is 0.101. The topological polar surface area (TPSA) is 34.0 Å².